The number of aromatic nitrogens is 3. The van der Waals surface area contributed by atoms with Gasteiger partial charge < -0.3 is 14.5 Å². The molecule has 0 radical (unpaired) electrons. The molecule has 3 aromatic rings. The van der Waals surface area contributed by atoms with Crippen LogP contribution in [0.3, 0.4) is 0 Å². The topological polar surface area (TPSA) is 51.9 Å². The number of imidazole rings is 1. The van der Waals surface area contributed by atoms with Gasteiger partial charge in [0.2, 0.25) is 5.91 Å². The zero-order chi connectivity index (χ0) is 18.0. The van der Waals surface area contributed by atoms with Crippen molar-refractivity contribution in [1.29, 1.82) is 0 Å². The second-order valence-corrected chi connectivity index (χ2v) is 6.15. The van der Waals surface area contributed by atoms with E-state index in [0.29, 0.717) is 11.4 Å². The van der Waals surface area contributed by atoms with Crippen LogP contribution in [-0.2, 0) is 18.4 Å². The molecule has 1 amide bonds. The Labute approximate surface area is 146 Å². The van der Waals surface area contributed by atoms with Crippen LogP contribution in [0.5, 0.6) is 0 Å². The summed E-state index contributed by atoms with van der Waals surface area (Å²) in [4.78, 5) is 17.0. The van der Waals surface area contributed by atoms with Crippen LogP contribution in [-0.4, -0.2) is 20.0 Å². The van der Waals surface area contributed by atoms with Crippen LogP contribution in [0.4, 0.5) is 4.39 Å². The highest BCUT2D eigenvalue weighted by Gasteiger charge is 2.21. The molecule has 5 nitrogen and oxygen atoms in total. The first-order valence-electron chi connectivity index (χ1n) is 8.10. The number of carbonyl (C=O) groups is 1. The van der Waals surface area contributed by atoms with Crippen LogP contribution in [0.25, 0.3) is 0 Å². The molecular formula is C19H21FN4O. The van der Waals surface area contributed by atoms with E-state index in [-0.39, 0.29) is 18.3 Å². The number of nitrogens with zero attached hydrogens (tertiary/aromatic N) is 3. The third-order valence-electron chi connectivity index (χ3n) is 4.32. The van der Waals surface area contributed by atoms with Crippen LogP contribution >= 0.6 is 0 Å². The summed E-state index contributed by atoms with van der Waals surface area (Å²) in [5, 5.41) is 2.99. The van der Waals surface area contributed by atoms with Gasteiger partial charge in [0.25, 0.3) is 0 Å². The Morgan fingerprint density at radius 3 is 2.56 bits per heavy atom. The largest absolute Gasteiger partial charge is 0.341 e. The number of halogens is 1. The first kappa shape index (κ1) is 17.0. The lowest BCUT2D eigenvalue weighted by molar-refractivity contribution is -0.122. The average Bonchev–Trinajstić information content (AvgIpc) is 3.13. The zero-order valence-corrected chi connectivity index (χ0v) is 14.5. The molecule has 2 heterocycles. The van der Waals surface area contributed by atoms with Gasteiger partial charge in [-0.2, -0.15) is 0 Å². The van der Waals surface area contributed by atoms with E-state index in [9.17, 15) is 9.18 Å². The van der Waals surface area contributed by atoms with Gasteiger partial charge in [-0.15, -0.1) is 0 Å². The second kappa shape index (κ2) is 6.93. The quantitative estimate of drug-likeness (QED) is 0.776. The van der Waals surface area contributed by atoms with Crippen LogP contribution < -0.4 is 5.32 Å². The fraction of sp³-hybridized carbons (Fsp3) is 0.263. The third-order valence-corrected chi connectivity index (χ3v) is 4.32. The Kier molecular flexibility index (Phi) is 4.70. The Morgan fingerprint density at radius 1 is 1.24 bits per heavy atom. The van der Waals surface area contributed by atoms with Crippen molar-refractivity contribution in [2.75, 3.05) is 0 Å². The maximum atomic E-state index is 13.7. The van der Waals surface area contributed by atoms with Gasteiger partial charge in [0.1, 0.15) is 24.2 Å². The highest BCUT2D eigenvalue weighted by molar-refractivity contribution is 5.77. The fourth-order valence-corrected chi connectivity index (χ4v) is 2.94. The van der Waals surface area contributed by atoms with Crippen molar-refractivity contribution in [2.24, 2.45) is 7.05 Å². The first-order chi connectivity index (χ1) is 12.0. The summed E-state index contributed by atoms with van der Waals surface area (Å²) in [6.45, 7) is 4.13. The minimum absolute atomic E-state index is 0.153. The number of hydrogen-bond donors (Lipinski definition) is 1. The van der Waals surface area contributed by atoms with E-state index < -0.39 is 6.04 Å². The van der Waals surface area contributed by atoms with E-state index in [0.717, 1.165) is 11.4 Å². The van der Waals surface area contributed by atoms with Crippen molar-refractivity contribution < 1.29 is 9.18 Å². The maximum Gasteiger partial charge on any atom is 0.240 e. The van der Waals surface area contributed by atoms with Crippen LogP contribution in [0.2, 0.25) is 0 Å². The monoisotopic (exact) mass is 340 g/mol. The van der Waals surface area contributed by atoms with E-state index in [1.165, 1.54) is 12.1 Å². The minimum Gasteiger partial charge on any atom is -0.341 e. The summed E-state index contributed by atoms with van der Waals surface area (Å²) in [6.07, 6.45) is 3.46. The number of nitrogens with one attached hydrogen (secondary N) is 1. The van der Waals surface area contributed by atoms with Crippen LogP contribution in [0, 0.1) is 19.7 Å². The Morgan fingerprint density at radius 2 is 1.96 bits per heavy atom. The van der Waals surface area contributed by atoms with Crippen LogP contribution in [0.15, 0.2) is 48.8 Å². The highest BCUT2D eigenvalue weighted by Crippen LogP contribution is 2.21. The molecule has 0 fully saturated rings. The molecule has 0 aliphatic heterocycles. The van der Waals surface area contributed by atoms with E-state index in [1.807, 2.05) is 42.2 Å². The SMILES string of the molecule is Cc1ccc(C)n1CC(=O)N[C@@H](c1cccc(F)c1)c1nccn1C. The molecule has 1 atom stereocenters. The predicted octanol–water partition coefficient (Wildman–Crippen LogP) is 2.88. The molecule has 0 unspecified atom stereocenters. The van der Waals surface area contributed by atoms with Crippen molar-refractivity contribution in [2.45, 2.75) is 26.4 Å². The number of rotatable bonds is 5. The fourth-order valence-electron chi connectivity index (χ4n) is 2.94. The normalized spacial score (nSPS) is 12.2. The lowest BCUT2D eigenvalue weighted by Gasteiger charge is -2.20. The van der Waals surface area contributed by atoms with Gasteiger partial charge in [-0.1, -0.05) is 12.1 Å². The number of hydrogen-bond acceptors (Lipinski definition) is 2. The Bertz CT molecular complexity index is 877. The summed E-state index contributed by atoms with van der Waals surface area (Å²) < 4.78 is 17.4. The molecule has 6 heteroatoms. The number of amides is 1. The Balaban J connectivity index is 1.88. The average molecular weight is 340 g/mol. The van der Waals surface area contributed by atoms with Crippen molar-refractivity contribution in [1.82, 2.24) is 19.4 Å². The molecule has 1 N–H and O–H groups in total. The molecule has 1 aromatic carbocycles. The van der Waals surface area contributed by atoms with Crippen molar-refractivity contribution in [3.05, 3.63) is 77.4 Å². The van der Waals surface area contributed by atoms with E-state index >= 15 is 0 Å². The molecule has 130 valence electrons. The van der Waals surface area contributed by atoms with Gasteiger partial charge in [0.15, 0.2) is 0 Å². The molecule has 0 saturated heterocycles. The summed E-state index contributed by atoms with van der Waals surface area (Å²) in [5.74, 6) is 0.155. The molecule has 0 spiro atoms. The summed E-state index contributed by atoms with van der Waals surface area (Å²) in [6, 6.07) is 9.66. The van der Waals surface area contributed by atoms with Gasteiger partial charge in [-0.05, 0) is 43.7 Å². The smallest absolute Gasteiger partial charge is 0.240 e. The van der Waals surface area contributed by atoms with Gasteiger partial charge >= 0.3 is 0 Å². The van der Waals surface area contributed by atoms with Crippen LogP contribution in [0.1, 0.15) is 28.8 Å². The number of carbonyl (C=O) groups excluding carboxylic acids is 1. The lowest BCUT2D eigenvalue weighted by Crippen LogP contribution is -2.34. The molecule has 2 aromatic heterocycles. The van der Waals surface area contributed by atoms with E-state index in [1.54, 1.807) is 24.5 Å². The zero-order valence-electron chi connectivity index (χ0n) is 14.5. The third kappa shape index (κ3) is 3.63. The summed E-state index contributed by atoms with van der Waals surface area (Å²) in [5.41, 5.74) is 2.70. The van der Waals surface area contributed by atoms with E-state index in [4.69, 9.17) is 0 Å². The molecule has 0 aliphatic carbocycles. The number of aryl methyl sites for hydroxylation is 3. The molecule has 3 rings (SSSR count). The first-order valence-corrected chi connectivity index (χ1v) is 8.10. The molecular weight excluding hydrogens is 319 g/mol. The molecule has 0 aliphatic rings. The molecule has 0 saturated carbocycles. The van der Waals surface area contributed by atoms with Gasteiger partial charge in [-0.3, -0.25) is 4.79 Å². The predicted molar refractivity (Wildman–Crippen MR) is 93.5 cm³/mol. The molecule has 0 bridgehead atoms. The van der Waals surface area contributed by atoms with Crippen molar-refractivity contribution in [3.8, 4) is 0 Å². The van der Waals surface area contributed by atoms with Crippen molar-refractivity contribution in [3.63, 3.8) is 0 Å². The Hall–Kier alpha value is -2.89. The second-order valence-electron chi connectivity index (χ2n) is 6.15. The maximum absolute atomic E-state index is 13.7. The van der Waals surface area contributed by atoms with E-state index in [2.05, 4.69) is 10.3 Å². The van der Waals surface area contributed by atoms with Crippen molar-refractivity contribution >= 4 is 5.91 Å². The summed E-state index contributed by atoms with van der Waals surface area (Å²) >= 11 is 0. The summed E-state index contributed by atoms with van der Waals surface area (Å²) in [7, 11) is 1.85. The standard InChI is InChI=1S/C19H21FN4O/c1-13-7-8-14(2)24(13)12-17(25)22-18(19-21-9-10-23(19)3)15-5-4-6-16(20)11-15/h4-11,18H,12H2,1-3H3,(H,22,25)/t18-/m0/s1. The number of benzene rings is 1. The van der Waals surface area contributed by atoms with Gasteiger partial charge in [0, 0.05) is 30.8 Å². The van der Waals surface area contributed by atoms with Gasteiger partial charge in [-0.25, -0.2) is 9.37 Å². The lowest BCUT2D eigenvalue weighted by atomic mass is 10.1. The highest BCUT2D eigenvalue weighted by atomic mass is 19.1. The minimum atomic E-state index is -0.514. The van der Waals surface area contributed by atoms with Gasteiger partial charge in [0.05, 0.1) is 0 Å². The molecule has 25 heavy (non-hydrogen) atoms.